The molecule has 0 aliphatic carbocycles. The summed E-state index contributed by atoms with van der Waals surface area (Å²) in [6.45, 7) is 5.89. The van der Waals surface area contributed by atoms with Gasteiger partial charge in [0.15, 0.2) is 5.13 Å². The van der Waals surface area contributed by atoms with Crippen LogP contribution in [0.2, 0.25) is 0 Å². The maximum atomic E-state index is 11.5. The number of rotatable bonds is 2. The summed E-state index contributed by atoms with van der Waals surface area (Å²) in [5.74, 6) is 0. The van der Waals surface area contributed by atoms with Gasteiger partial charge in [0.2, 0.25) is 0 Å². The summed E-state index contributed by atoms with van der Waals surface area (Å²) in [5, 5.41) is 13.0. The standard InChI is InChI=1S/C11H16N2O4S/c1-10(2,3)17-9(14)13-8-12-4-7(18-8)11(15)5-16-6-11/h4,15H,5-6H2,1-3H3,(H,12,13,14). The molecular formula is C11H16N2O4S. The third-order valence-electron chi connectivity index (χ3n) is 2.25. The van der Waals surface area contributed by atoms with E-state index >= 15 is 0 Å². The van der Waals surface area contributed by atoms with Crippen LogP contribution in [0.3, 0.4) is 0 Å². The Balaban J connectivity index is 1.97. The van der Waals surface area contributed by atoms with Gasteiger partial charge in [0.05, 0.1) is 18.1 Å². The molecule has 0 aromatic carbocycles. The van der Waals surface area contributed by atoms with Gasteiger partial charge in [-0.15, -0.1) is 0 Å². The molecule has 2 rings (SSSR count). The third kappa shape index (κ3) is 2.98. The van der Waals surface area contributed by atoms with E-state index in [9.17, 15) is 9.90 Å². The van der Waals surface area contributed by atoms with Crippen LogP contribution in [-0.4, -0.2) is 35.0 Å². The molecule has 2 N–H and O–H groups in total. The number of nitrogens with one attached hydrogen (secondary N) is 1. The lowest BCUT2D eigenvalue weighted by atomic mass is 10.0. The van der Waals surface area contributed by atoms with Crippen molar-refractivity contribution in [1.82, 2.24) is 4.98 Å². The van der Waals surface area contributed by atoms with Gasteiger partial charge < -0.3 is 14.6 Å². The van der Waals surface area contributed by atoms with E-state index < -0.39 is 17.3 Å². The summed E-state index contributed by atoms with van der Waals surface area (Å²) >= 11 is 1.22. The van der Waals surface area contributed by atoms with Gasteiger partial charge >= 0.3 is 6.09 Å². The molecule has 0 atom stereocenters. The Morgan fingerprint density at radius 2 is 2.28 bits per heavy atom. The fraction of sp³-hybridized carbons (Fsp3) is 0.636. The predicted molar refractivity (Wildman–Crippen MR) is 66.7 cm³/mol. The lowest BCUT2D eigenvalue weighted by molar-refractivity contribution is -0.182. The van der Waals surface area contributed by atoms with Crippen molar-refractivity contribution in [2.45, 2.75) is 32.0 Å². The number of aromatic nitrogens is 1. The lowest BCUT2D eigenvalue weighted by Gasteiger charge is -2.34. The van der Waals surface area contributed by atoms with Crippen molar-refractivity contribution in [3.05, 3.63) is 11.1 Å². The van der Waals surface area contributed by atoms with E-state index in [4.69, 9.17) is 9.47 Å². The number of carbonyl (C=O) groups is 1. The normalized spacial score (nSPS) is 18.0. The Labute approximate surface area is 109 Å². The van der Waals surface area contributed by atoms with Gasteiger partial charge in [-0.25, -0.2) is 9.78 Å². The first-order valence-electron chi connectivity index (χ1n) is 5.55. The van der Waals surface area contributed by atoms with Crippen LogP contribution in [0.1, 0.15) is 25.6 Å². The Morgan fingerprint density at radius 3 is 2.78 bits per heavy atom. The topological polar surface area (TPSA) is 80.7 Å². The zero-order valence-corrected chi connectivity index (χ0v) is 11.3. The molecule has 0 bridgehead atoms. The second kappa shape index (κ2) is 4.49. The maximum Gasteiger partial charge on any atom is 0.413 e. The van der Waals surface area contributed by atoms with Crippen molar-refractivity contribution < 1.29 is 19.4 Å². The summed E-state index contributed by atoms with van der Waals surface area (Å²) in [7, 11) is 0. The van der Waals surface area contributed by atoms with E-state index in [0.29, 0.717) is 10.0 Å². The second-order valence-corrected chi connectivity index (χ2v) is 6.21. The first-order chi connectivity index (χ1) is 8.28. The van der Waals surface area contributed by atoms with Crippen LogP contribution in [-0.2, 0) is 15.1 Å². The summed E-state index contributed by atoms with van der Waals surface area (Å²) in [5.41, 5.74) is -1.50. The molecule has 1 aromatic rings. The Kier molecular flexibility index (Phi) is 3.31. The van der Waals surface area contributed by atoms with Gasteiger partial charge in [0, 0.05) is 6.20 Å². The van der Waals surface area contributed by atoms with Crippen LogP contribution in [0.15, 0.2) is 6.20 Å². The molecule has 1 amide bonds. The van der Waals surface area contributed by atoms with Gasteiger partial charge in [-0.2, -0.15) is 0 Å². The number of amides is 1. The van der Waals surface area contributed by atoms with E-state index in [1.54, 1.807) is 27.0 Å². The molecule has 7 heteroatoms. The van der Waals surface area contributed by atoms with E-state index in [1.165, 1.54) is 11.3 Å². The molecule has 100 valence electrons. The quantitative estimate of drug-likeness (QED) is 0.856. The van der Waals surface area contributed by atoms with Crippen LogP contribution < -0.4 is 5.32 Å². The number of anilines is 1. The fourth-order valence-corrected chi connectivity index (χ4v) is 2.24. The zero-order chi connectivity index (χ0) is 13.4. The highest BCUT2D eigenvalue weighted by molar-refractivity contribution is 7.15. The average Bonchev–Trinajstić information content (AvgIpc) is 2.59. The Hall–Kier alpha value is -1.18. The summed E-state index contributed by atoms with van der Waals surface area (Å²) < 4.78 is 10.1. The van der Waals surface area contributed by atoms with Crippen molar-refractivity contribution >= 4 is 22.6 Å². The number of nitrogens with zero attached hydrogens (tertiary/aromatic N) is 1. The molecule has 1 aliphatic heterocycles. The monoisotopic (exact) mass is 272 g/mol. The van der Waals surface area contributed by atoms with Gasteiger partial charge in [-0.1, -0.05) is 11.3 Å². The van der Waals surface area contributed by atoms with Gasteiger partial charge in [-0.3, -0.25) is 5.32 Å². The van der Waals surface area contributed by atoms with E-state index in [2.05, 4.69) is 10.3 Å². The van der Waals surface area contributed by atoms with E-state index in [1.807, 2.05) is 0 Å². The first-order valence-corrected chi connectivity index (χ1v) is 6.37. The van der Waals surface area contributed by atoms with Crippen LogP contribution >= 0.6 is 11.3 Å². The minimum atomic E-state index is -0.953. The largest absolute Gasteiger partial charge is 0.444 e. The number of hydrogen-bond donors (Lipinski definition) is 2. The predicted octanol–water partition coefficient (Wildman–Crippen LogP) is 1.71. The average molecular weight is 272 g/mol. The molecule has 0 saturated carbocycles. The van der Waals surface area contributed by atoms with Crippen molar-refractivity contribution in [1.29, 1.82) is 0 Å². The molecule has 1 fully saturated rings. The molecule has 1 aliphatic rings. The van der Waals surface area contributed by atoms with Crippen LogP contribution in [0.4, 0.5) is 9.93 Å². The summed E-state index contributed by atoms with van der Waals surface area (Å²) in [6, 6.07) is 0. The van der Waals surface area contributed by atoms with Crippen LogP contribution in [0, 0.1) is 0 Å². The highest BCUT2D eigenvalue weighted by Gasteiger charge is 2.40. The zero-order valence-electron chi connectivity index (χ0n) is 10.5. The number of thiazole rings is 1. The van der Waals surface area contributed by atoms with Crippen molar-refractivity contribution in [2.24, 2.45) is 0 Å². The van der Waals surface area contributed by atoms with Crippen molar-refractivity contribution in [2.75, 3.05) is 18.5 Å². The molecule has 2 heterocycles. The molecule has 1 aromatic heterocycles. The molecule has 6 nitrogen and oxygen atoms in total. The minimum absolute atomic E-state index is 0.265. The molecular weight excluding hydrogens is 256 g/mol. The minimum Gasteiger partial charge on any atom is -0.444 e. The number of carbonyl (C=O) groups excluding carboxylic acids is 1. The number of hydrogen-bond acceptors (Lipinski definition) is 6. The van der Waals surface area contributed by atoms with Gasteiger partial charge in [0.1, 0.15) is 11.2 Å². The van der Waals surface area contributed by atoms with Gasteiger partial charge in [0.25, 0.3) is 0 Å². The lowest BCUT2D eigenvalue weighted by Crippen LogP contribution is -2.45. The first kappa shape index (κ1) is 13.3. The maximum absolute atomic E-state index is 11.5. The molecule has 0 radical (unpaired) electrons. The second-order valence-electron chi connectivity index (χ2n) is 5.18. The van der Waals surface area contributed by atoms with Crippen molar-refractivity contribution in [3.8, 4) is 0 Å². The van der Waals surface area contributed by atoms with E-state index in [0.717, 1.165) is 0 Å². The summed E-state index contributed by atoms with van der Waals surface area (Å²) in [6.07, 6.45) is 0.986. The highest BCUT2D eigenvalue weighted by atomic mass is 32.1. The Morgan fingerprint density at radius 1 is 1.61 bits per heavy atom. The highest BCUT2D eigenvalue weighted by Crippen LogP contribution is 2.34. The number of aliphatic hydroxyl groups is 1. The SMILES string of the molecule is CC(C)(C)OC(=O)Nc1ncc(C2(O)COC2)s1. The molecule has 0 spiro atoms. The van der Waals surface area contributed by atoms with Crippen LogP contribution in [0.25, 0.3) is 0 Å². The van der Waals surface area contributed by atoms with Crippen LogP contribution in [0.5, 0.6) is 0 Å². The van der Waals surface area contributed by atoms with E-state index in [-0.39, 0.29) is 13.2 Å². The van der Waals surface area contributed by atoms with Crippen molar-refractivity contribution in [3.63, 3.8) is 0 Å². The third-order valence-corrected chi connectivity index (χ3v) is 3.36. The fourth-order valence-electron chi connectivity index (χ4n) is 1.38. The summed E-state index contributed by atoms with van der Waals surface area (Å²) in [4.78, 5) is 16.2. The molecule has 1 saturated heterocycles. The number of ether oxygens (including phenoxy) is 2. The van der Waals surface area contributed by atoms with Gasteiger partial charge in [-0.05, 0) is 20.8 Å². The molecule has 0 unspecified atom stereocenters. The Bertz CT molecular complexity index is 448. The smallest absolute Gasteiger partial charge is 0.413 e. The molecule has 18 heavy (non-hydrogen) atoms.